The van der Waals surface area contributed by atoms with Crippen LogP contribution < -0.4 is 15.5 Å². The molecule has 5 heteroatoms. The molecule has 126 valence electrons. The predicted molar refractivity (Wildman–Crippen MR) is 93.6 cm³/mol. The summed E-state index contributed by atoms with van der Waals surface area (Å²) in [6.45, 7) is 5.93. The van der Waals surface area contributed by atoms with Gasteiger partial charge in [0.2, 0.25) is 5.91 Å². The molecule has 5 nitrogen and oxygen atoms in total. The quantitative estimate of drug-likeness (QED) is 0.834. The zero-order chi connectivity index (χ0) is 17.1. The molecule has 0 radical (unpaired) electrons. The number of carbonyl (C=O) groups excluding carboxylic acids is 2. The third-order valence-corrected chi connectivity index (χ3v) is 5.49. The molecule has 2 aliphatic heterocycles. The standard InChI is InChI=1S/C19H23N3O2/c1-11-15-16(19(2,3)21-17(15)23)20-13-9-4-5-10-14(13)22(11)18(24)12-7-6-8-12/h4-5,9-12,20H,6-8H2,1-3H3,(H,21,23). The number of amides is 2. The summed E-state index contributed by atoms with van der Waals surface area (Å²) in [4.78, 5) is 27.5. The fourth-order valence-corrected chi connectivity index (χ4v) is 3.91. The predicted octanol–water partition coefficient (Wildman–Crippen LogP) is 2.80. The van der Waals surface area contributed by atoms with Crippen molar-refractivity contribution in [1.29, 1.82) is 0 Å². The third kappa shape index (κ3) is 2.07. The van der Waals surface area contributed by atoms with Gasteiger partial charge < -0.3 is 15.5 Å². The number of nitrogens with one attached hydrogen (secondary N) is 2. The Balaban J connectivity index is 1.87. The number of para-hydroxylation sites is 2. The highest BCUT2D eigenvalue weighted by Gasteiger charge is 2.46. The number of hydrogen-bond donors (Lipinski definition) is 2. The van der Waals surface area contributed by atoms with E-state index in [-0.39, 0.29) is 23.8 Å². The average Bonchev–Trinajstić information content (AvgIpc) is 2.60. The Morgan fingerprint density at radius 1 is 1.25 bits per heavy atom. The summed E-state index contributed by atoms with van der Waals surface area (Å²) in [6.07, 6.45) is 3.00. The Bertz CT molecular complexity index is 762. The fourth-order valence-electron chi connectivity index (χ4n) is 3.91. The van der Waals surface area contributed by atoms with E-state index in [0.717, 1.165) is 36.3 Å². The van der Waals surface area contributed by atoms with Gasteiger partial charge in [-0.2, -0.15) is 0 Å². The zero-order valence-electron chi connectivity index (χ0n) is 14.3. The smallest absolute Gasteiger partial charge is 0.251 e. The number of nitrogens with zero attached hydrogens (tertiary/aromatic N) is 1. The lowest BCUT2D eigenvalue weighted by Crippen LogP contribution is -2.46. The molecule has 3 aliphatic rings. The summed E-state index contributed by atoms with van der Waals surface area (Å²) in [5.41, 5.74) is 2.82. The fraction of sp³-hybridized carbons (Fsp3) is 0.474. The Hall–Kier alpha value is -2.30. The van der Waals surface area contributed by atoms with E-state index in [1.807, 2.05) is 49.9 Å². The Kier molecular flexibility index (Phi) is 3.24. The molecule has 2 heterocycles. The van der Waals surface area contributed by atoms with Crippen molar-refractivity contribution in [1.82, 2.24) is 5.32 Å². The van der Waals surface area contributed by atoms with Crippen LogP contribution >= 0.6 is 0 Å². The van der Waals surface area contributed by atoms with Crippen LogP contribution in [0.4, 0.5) is 11.4 Å². The summed E-state index contributed by atoms with van der Waals surface area (Å²) < 4.78 is 0. The minimum atomic E-state index is -0.469. The molecule has 1 aromatic rings. The van der Waals surface area contributed by atoms with Gasteiger partial charge >= 0.3 is 0 Å². The number of rotatable bonds is 1. The summed E-state index contributed by atoms with van der Waals surface area (Å²) in [5.74, 6) is 0.128. The maximum atomic E-state index is 13.1. The van der Waals surface area contributed by atoms with Gasteiger partial charge in [0.05, 0.1) is 34.2 Å². The summed E-state index contributed by atoms with van der Waals surface area (Å²) in [5, 5.41) is 6.46. The van der Waals surface area contributed by atoms with Crippen molar-refractivity contribution in [2.75, 3.05) is 10.2 Å². The molecule has 2 amide bonds. The minimum absolute atomic E-state index is 0.0835. The third-order valence-electron chi connectivity index (χ3n) is 5.49. The molecule has 0 spiro atoms. The SMILES string of the molecule is CC1C2=C(Nc3ccccc3N1C(=O)C1CCC1)C(C)(C)NC2=O. The first-order valence-electron chi connectivity index (χ1n) is 8.66. The normalized spacial score (nSPS) is 25.2. The van der Waals surface area contributed by atoms with Gasteiger partial charge in [0.15, 0.2) is 0 Å². The van der Waals surface area contributed by atoms with E-state index in [9.17, 15) is 9.59 Å². The number of anilines is 2. The maximum absolute atomic E-state index is 13.1. The Morgan fingerprint density at radius 2 is 1.96 bits per heavy atom. The molecule has 1 aliphatic carbocycles. The lowest BCUT2D eigenvalue weighted by molar-refractivity contribution is -0.125. The van der Waals surface area contributed by atoms with Crippen molar-refractivity contribution in [3.8, 4) is 0 Å². The van der Waals surface area contributed by atoms with Gasteiger partial charge in [-0.3, -0.25) is 9.59 Å². The van der Waals surface area contributed by atoms with Crippen LogP contribution in [0.15, 0.2) is 35.5 Å². The summed E-state index contributed by atoms with van der Waals surface area (Å²) >= 11 is 0. The van der Waals surface area contributed by atoms with E-state index in [4.69, 9.17) is 0 Å². The van der Waals surface area contributed by atoms with E-state index in [0.29, 0.717) is 5.57 Å². The average molecular weight is 325 g/mol. The van der Waals surface area contributed by atoms with Crippen molar-refractivity contribution >= 4 is 23.2 Å². The second kappa shape index (κ2) is 5.10. The van der Waals surface area contributed by atoms with E-state index in [1.165, 1.54) is 0 Å². The van der Waals surface area contributed by atoms with Crippen LogP contribution in [0.25, 0.3) is 0 Å². The first-order chi connectivity index (χ1) is 11.4. The molecule has 24 heavy (non-hydrogen) atoms. The van der Waals surface area contributed by atoms with Gasteiger partial charge in [0.25, 0.3) is 5.91 Å². The molecule has 1 unspecified atom stereocenters. The first kappa shape index (κ1) is 15.2. The van der Waals surface area contributed by atoms with Crippen LogP contribution in [0, 0.1) is 5.92 Å². The zero-order valence-corrected chi connectivity index (χ0v) is 14.3. The lowest BCUT2D eigenvalue weighted by Gasteiger charge is -2.35. The molecule has 1 fully saturated rings. The van der Waals surface area contributed by atoms with E-state index < -0.39 is 5.54 Å². The highest BCUT2D eigenvalue weighted by Crippen LogP contribution is 2.42. The van der Waals surface area contributed by atoms with Crippen molar-refractivity contribution in [3.05, 3.63) is 35.5 Å². The molecule has 4 rings (SSSR count). The van der Waals surface area contributed by atoms with Crippen molar-refractivity contribution in [2.24, 2.45) is 5.92 Å². The van der Waals surface area contributed by atoms with E-state index in [1.54, 1.807) is 0 Å². The molecule has 2 N–H and O–H groups in total. The largest absolute Gasteiger partial charge is 0.355 e. The second-order valence-electron chi connectivity index (χ2n) is 7.52. The van der Waals surface area contributed by atoms with Crippen molar-refractivity contribution in [3.63, 3.8) is 0 Å². The number of carbonyl (C=O) groups is 2. The van der Waals surface area contributed by atoms with Crippen LogP contribution in [0.1, 0.15) is 40.0 Å². The highest BCUT2D eigenvalue weighted by molar-refractivity contribution is 6.07. The van der Waals surface area contributed by atoms with Gasteiger partial charge in [-0.15, -0.1) is 0 Å². The molecular weight excluding hydrogens is 302 g/mol. The molecular formula is C19H23N3O2. The molecule has 0 bridgehead atoms. The maximum Gasteiger partial charge on any atom is 0.251 e. The first-order valence-corrected chi connectivity index (χ1v) is 8.66. The molecule has 0 saturated heterocycles. The number of benzene rings is 1. The molecule has 1 saturated carbocycles. The van der Waals surface area contributed by atoms with Crippen LogP contribution in [-0.2, 0) is 9.59 Å². The monoisotopic (exact) mass is 325 g/mol. The summed E-state index contributed by atoms with van der Waals surface area (Å²) in [7, 11) is 0. The van der Waals surface area contributed by atoms with Crippen LogP contribution in [-0.4, -0.2) is 23.4 Å². The Morgan fingerprint density at radius 3 is 2.62 bits per heavy atom. The van der Waals surface area contributed by atoms with Gasteiger partial charge in [-0.05, 0) is 45.7 Å². The molecule has 1 aromatic carbocycles. The van der Waals surface area contributed by atoms with Crippen LogP contribution in [0.2, 0.25) is 0 Å². The van der Waals surface area contributed by atoms with E-state index in [2.05, 4.69) is 10.6 Å². The van der Waals surface area contributed by atoms with Gasteiger partial charge in [0.1, 0.15) is 0 Å². The van der Waals surface area contributed by atoms with Crippen molar-refractivity contribution in [2.45, 2.75) is 51.6 Å². The van der Waals surface area contributed by atoms with Gasteiger partial charge in [0, 0.05) is 5.92 Å². The topological polar surface area (TPSA) is 61.4 Å². The van der Waals surface area contributed by atoms with E-state index >= 15 is 0 Å². The Labute approximate surface area is 142 Å². The minimum Gasteiger partial charge on any atom is -0.355 e. The molecule has 0 aromatic heterocycles. The lowest BCUT2D eigenvalue weighted by atomic mass is 9.83. The van der Waals surface area contributed by atoms with Crippen LogP contribution in [0.5, 0.6) is 0 Å². The second-order valence-corrected chi connectivity index (χ2v) is 7.52. The summed E-state index contributed by atoms with van der Waals surface area (Å²) in [6, 6.07) is 7.53. The van der Waals surface area contributed by atoms with Crippen molar-refractivity contribution < 1.29 is 9.59 Å². The van der Waals surface area contributed by atoms with Crippen LogP contribution in [0.3, 0.4) is 0 Å². The number of fused-ring (bicyclic) bond motifs is 1. The highest BCUT2D eigenvalue weighted by atomic mass is 16.2. The van der Waals surface area contributed by atoms with Gasteiger partial charge in [-0.25, -0.2) is 0 Å². The molecule has 1 atom stereocenters. The number of hydrogen-bond acceptors (Lipinski definition) is 3. The van der Waals surface area contributed by atoms with Gasteiger partial charge in [-0.1, -0.05) is 18.6 Å².